The Bertz CT molecular complexity index is 1450. The van der Waals surface area contributed by atoms with E-state index in [9.17, 15) is 9.18 Å². The normalized spacial score (nSPS) is 14.8. The first-order valence-corrected chi connectivity index (χ1v) is 13.7. The highest BCUT2D eigenvalue weighted by molar-refractivity contribution is 7.78. The predicted molar refractivity (Wildman–Crippen MR) is 146 cm³/mol. The highest BCUT2D eigenvalue weighted by Crippen LogP contribution is 2.26. The van der Waals surface area contributed by atoms with Crippen LogP contribution in [-0.4, -0.2) is 56.1 Å². The summed E-state index contributed by atoms with van der Waals surface area (Å²) >= 11 is 12.7. The number of benzene rings is 1. The molecule has 7 nitrogen and oxygen atoms in total. The molecule has 0 unspecified atom stereocenters. The average Bonchev–Trinajstić information content (AvgIpc) is 3.49. The van der Waals surface area contributed by atoms with Gasteiger partial charge in [-0.3, -0.25) is 9.47 Å². The largest absolute Gasteiger partial charge is 0.464 e. The van der Waals surface area contributed by atoms with Crippen LogP contribution >= 0.6 is 35.2 Å². The number of esters is 1. The first-order valence-electron chi connectivity index (χ1n) is 11.9. The number of nitrogens with zero attached hydrogens (tertiary/aromatic N) is 5. The number of thiocarbonyl (C=S) groups is 1. The lowest BCUT2D eigenvalue weighted by Crippen LogP contribution is -2.34. The molecule has 4 aromatic rings. The molecule has 4 heterocycles. The maximum atomic E-state index is 14.1. The van der Waals surface area contributed by atoms with E-state index in [-0.39, 0.29) is 11.5 Å². The van der Waals surface area contributed by atoms with Crippen molar-refractivity contribution in [2.45, 2.75) is 32.2 Å². The van der Waals surface area contributed by atoms with Gasteiger partial charge in [0.25, 0.3) is 0 Å². The lowest BCUT2D eigenvalue weighted by atomic mass is 9.93. The maximum Gasteiger partial charge on any atom is 0.356 e. The Labute approximate surface area is 228 Å². The molecule has 0 spiro atoms. The summed E-state index contributed by atoms with van der Waals surface area (Å²) in [5.74, 6) is 0.543. The fourth-order valence-corrected chi connectivity index (χ4v) is 5.87. The van der Waals surface area contributed by atoms with E-state index in [0.717, 1.165) is 55.4 Å². The van der Waals surface area contributed by atoms with Crippen LogP contribution < -0.4 is 0 Å². The van der Waals surface area contributed by atoms with Crippen LogP contribution in [0.3, 0.4) is 0 Å². The molecule has 0 radical (unpaired) electrons. The number of pyridine rings is 1. The number of ether oxygens (including phenoxy) is 1. The van der Waals surface area contributed by atoms with E-state index >= 15 is 0 Å². The molecule has 37 heavy (non-hydrogen) atoms. The third-order valence-electron chi connectivity index (χ3n) is 6.63. The molecular weight excluding hydrogens is 533 g/mol. The number of hydrogen-bond donors (Lipinski definition) is 0. The number of piperidine rings is 1. The van der Waals surface area contributed by atoms with Gasteiger partial charge in [0.2, 0.25) is 0 Å². The molecule has 1 aromatic carbocycles. The van der Waals surface area contributed by atoms with Crippen molar-refractivity contribution in [3.63, 3.8) is 0 Å². The van der Waals surface area contributed by atoms with Crippen LogP contribution in [0.2, 0.25) is 5.02 Å². The van der Waals surface area contributed by atoms with E-state index in [4.69, 9.17) is 38.5 Å². The number of fused-ring (bicyclic) bond motifs is 1. The van der Waals surface area contributed by atoms with Gasteiger partial charge in [0, 0.05) is 23.2 Å². The molecule has 192 valence electrons. The summed E-state index contributed by atoms with van der Waals surface area (Å²) in [4.78, 5) is 28.2. The monoisotopic (exact) mass is 557 g/mol. The molecule has 0 amide bonds. The topological polar surface area (TPSA) is 73.1 Å². The number of thiazole rings is 1. The Morgan fingerprint density at radius 1 is 1.24 bits per heavy atom. The second-order valence-corrected chi connectivity index (χ2v) is 10.7. The number of aromatic nitrogens is 4. The summed E-state index contributed by atoms with van der Waals surface area (Å²) < 4.78 is 20.7. The Morgan fingerprint density at radius 3 is 2.78 bits per heavy atom. The van der Waals surface area contributed by atoms with Gasteiger partial charge in [0.15, 0.2) is 11.3 Å². The number of carbonyl (C=O) groups is 1. The highest BCUT2D eigenvalue weighted by atomic mass is 35.5. The lowest BCUT2D eigenvalue weighted by Gasteiger charge is -2.31. The van der Waals surface area contributed by atoms with Gasteiger partial charge in [-0.1, -0.05) is 29.9 Å². The number of hydrogen-bond acceptors (Lipinski definition) is 8. The summed E-state index contributed by atoms with van der Waals surface area (Å²) in [5.41, 5.74) is 4.52. The van der Waals surface area contributed by atoms with Crippen LogP contribution in [0.5, 0.6) is 0 Å². The van der Waals surface area contributed by atoms with Crippen LogP contribution in [0.1, 0.15) is 45.4 Å². The lowest BCUT2D eigenvalue weighted by molar-refractivity contribution is 0.0594. The SMILES string of the molecule is COC(=O)c1ccc2nc(CC3CCN(Cc4nc(Cc5ccc(Cl)cc5F)cs4)CC3)n(C=S)c2n1. The number of carbonyl (C=O) groups excluding carboxylic acids is 1. The van der Waals surface area contributed by atoms with Crippen molar-refractivity contribution in [3.05, 3.63) is 74.3 Å². The minimum atomic E-state index is -0.488. The third kappa shape index (κ3) is 5.87. The summed E-state index contributed by atoms with van der Waals surface area (Å²) in [6.45, 7) is 2.72. The van der Waals surface area contributed by atoms with Crippen molar-refractivity contribution < 1.29 is 13.9 Å². The first kappa shape index (κ1) is 25.8. The summed E-state index contributed by atoms with van der Waals surface area (Å²) in [7, 11) is 1.33. The second kappa shape index (κ2) is 11.3. The van der Waals surface area contributed by atoms with Gasteiger partial charge in [-0.05, 0) is 61.7 Å². The average molecular weight is 558 g/mol. The predicted octanol–water partition coefficient (Wildman–Crippen LogP) is 5.32. The van der Waals surface area contributed by atoms with Crippen molar-refractivity contribution in [3.8, 4) is 0 Å². The van der Waals surface area contributed by atoms with E-state index in [2.05, 4.69) is 9.88 Å². The summed E-state index contributed by atoms with van der Waals surface area (Å²) in [6, 6.07) is 8.15. The molecule has 5 rings (SSSR count). The fourth-order valence-electron chi connectivity index (χ4n) is 4.65. The van der Waals surface area contributed by atoms with Gasteiger partial charge in [0.05, 0.1) is 24.8 Å². The number of likely N-dealkylation sites (tertiary alicyclic amines) is 1. The van der Waals surface area contributed by atoms with E-state index in [1.807, 2.05) is 5.38 Å². The van der Waals surface area contributed by atoms with Gasteiger partial charge >= 0.3 is 5.97 Å². The third-order valence-corrected chi connectivity index (χ3v) is 7.96. The van der Waals surface area contributed by atoms with Crippen LogP contribution in [0, 0.1) is 11.7 Å². The molecule has 1 aliphatic heterocycles. The molecule has 11 heteroatoms. The van der Waals surface area contributed by atoms with Crippen molar-refractivity contribution in [2.75, 3.05) is 20.2 Å². The van der Waals surface area contributed by atoms with Gasteiger partial charge in [-0.25, -0.2) is 24.1 Å². The highest BCUT2D eigenvalue weighted by Gasteiger charge is 2.23. The zero-order valence-corrected chi connectivity index (χ0v) is 22.6. The van der Waals surface area contributed by atoms with Crippen molar-refractivity contribution >= 4 is 57.8 Å². The van der Waals surface area contributed by atoms with Crippen LogP contribution in [-0.2, 0) is 24.1 Å². The summed E-state index contributed by atoms with van der Waals surface area (Å²) in [5, 5.41) is 3.44. The molecule has 1 fully saturated rings. The molecular formula is C26H25ClFN5O2S2. The van der Waals surface area contributed by atoms with Crippen molar-refractivity contribution in [1.29, 1.82) is 0 Å². The number of methoxy groups -OCH3 is 1. The van der Waals surface area contributed by atoms with Gasteiger partial charge in [-0.15, -0.1) is 11.3 Å². The quantitative estimate of drug-likeness (QED) is 0.214. The van der Waals surface area contributed by atoms with Crippen LogP contribution in [0.15, 0.2) is 35.7 Å². The maximum absolute atomic E-state index is 14.1. The molecule has 0 atom stereocenters. The van der Waals surface area contributed by atoms with Gasteiger partial charge < -0.3 is 4.74 Å². The molecule has 0 N–H and O–H groups in total. The van der Waals surface area contributed by atoms with Crippen LogP contribution in [0.25, 0.3) is 11.2 Å². The summed E-state index contributed by atoms with van der Waals surface area (Å²) in [6.07, 6.45) is 3.32. The van der Waals surface area contributed by atoms with E-state index < -0.39 is 5.97 Å². The van der Waals surface area contributed by atoms with E-state index in [1.165, 1.54) is 18.7 Å². The standard InChI is InChI=1S/C26H25ClFN5O2S2/c1-35-26(34)22-5-4-21-25(31-22)33(15-36)23(30-21)10-16-6-8-32(9-7-16)13-24-29-19(14-37-24)11-17-2-3-18(27)12-20(17)28/h2-5,12,14-16H,6-11,13H2,1H3. The minimum absolute atomic E-state index is 0.233. The fraction of sp³-hybridized carbons (Fsp3) is 0.346. The van der Waals surface area contributed by atoms with Crippen molar-refractivity contribution in [2.24, 2.45) is 5.92 Å². The smallest absolute Gasteiger partial charge is 0.356 e. The molecule has 1 aliphatic rings. The zero-order valence-electron chi connectivity index (χ0n) is 20.2. The zero-order chi connectivity index (χ0) is 25.9. The molecule has 0 aliphatic carbocycles. The Balaban J connectivity index is 1.18. The minimum Gasteiger partial charge on any atom is -0.464 e. The van der Waals surface area contributed by atoms with E-state index in [0.29, 0.717) is 34.1 Å². The number of imidazole rings is 1. The molecule has 3 aromatic heterocycles. The Morgan fingerprint density at radius 2 is 2.05 bits per heavy atom. The second-order valence-electron chi connectivity index (χ2n) is 9.10. The van der Waals surface area contributed by atoms with Gasteiger partial charge in [0.1, 0.15) is 22.2 Å². The molecule has 0 bridgehead atoms. The molecule has 0 saturated carbocycles. The first-order chi connectivity index (χ1) is 17.9. The van der Waals surface area contributed by atoms with Crippen LogP contribution in [0.4, 0.5) is 4.39 Å². The van der Waals surface area contributed by atoms with Gasteiger partial charge in [-0.2, -0.15) is 0 Å². The number of halogens is 2. The number of rotatable bonds is 8. The van der Waals surface area contributed by atoms with E-state index in [1.54, 1.807) is 40.2 Å². The Hall–Kier alpha value is -2.79. The Kier molecular flexibility index (Phi) is 7.89. The molecule has 1 saturated heterocycles. The van der Waals surface area contributed by atoms with Crippen molar-refractivity contribution in [1.82, 2.24) is 24.4 Å².